The van der Waals surface area contributed by atoms with Crippen molar-refractivity contribution in [3.05, 3.63) is 53.6 Å². The lowest BCUT2D eigenvalue weighted by molar-refractivity contribution is -0.141. The third kappa shape index (κ3) is 3.53. The maximum atomic E-state index is 12.8. The van der Waals surface area contributed by atoms with Crippen LogP contribution in [0.15, 0.2) is 42.5 Å². The molecule has 2 atom stereocenters. The van der Waals surface area contributed by atoms with E-state index in [1.54, 1.807) is 30.3 Å². The maximum absolute atomic E-state index is 12.8. The molecule has 2 unspecified atom stereocenters. The van der Waals surface area contributed by atoms with Gasteiger partial charge in [0, 0.05) is 30.1 Å². The molecule has 27 heavy (non-hydrogen) atoms. The normalized spacial score (nSPS) is 19.0. The fraction of sp³-hybridized carbons (Fsp3) is 0.300. The van der Waals surface area contributed by atoms with Crippen molar-refractivity contribution in [2.75, 3.05) is 27.3 Å². The number of nitrogens with zero attached hydrogens (tertiary/aromatic N) is 1. The summed E-state index contributed by atoms with van der Waals surface area (Å²) < 4.78 is 10.8. The molecule has 2 N–H and O–H groups in total. The summed E-state index contributed by atoms with van der Waals surface area (Å²) in [6.07, 6.45) is 0. The quantitative estimate of drug-likeness (QED) is 0.838. The van der Waals surface area contributed by atoms with Crippen LogP contribution >= 0.6 is 0 Å². The third-order valence-corrected chi connectivity index (χ3v) is 4.85. The van der Waals surface area contributed by atoms with Gasteiger partial charge in [0.25, 0.3) is 5.91 Å². The van der Waals surface area contributed by atoms with Crippen molar-refractivity contribution >= 4 is 11.9 Å². The van der Waals surface area contributed by atoms with Gasteiger partial charge in [0.2, 0.25) is 0 Å². The Bertz CT molecular complexity index is 865. The van der Waals surface area contributed by atoms with E-state index in [1.807, 2.05) is 0 Å². The van der Waals surface area contributed by atoms with Crippen molar-refractivity contribution in [1.29, 1.82) is 0 Å². The standard InChI is InChI=1S/C20H21NO6/c1-26-17-8-4-7-14(18(17)27-2)15-10-21(11-16(15)20(24)25)19(23)12-5-3-6-13(22)9-12/h3-9,15-16,22H,10-11H2,1-2H3,(H,24,25). The van der Waals surface area contributed by atoms with E-state index in [2.05, 4.69) is 0 Å². The van der Waals surface area contributed by atoms with Gasteiger partial charge in [-0.1, -0.05) is 18.2 Å². The minimum absolute atomic E-state index is 0.0131. The molecule has 1 aliphatic rings. The number of rotatable bonds is 5. The van der Waals surface area contributed by atoms with Gasteiger partial charge < -0.3 is 24.6 Å². The first-order chi connectivity index (χ1) is 13.0. The van der Waals surface area contributed by atoms with E-state index < -0.39 is 17.8 Å². The van der Waals surface area contributed by atoms with Crippen LogP contribution in [0.3, 0.4) is 0 Å². The zero-order valence-corrected chi connectivity index (χ0v) is 15.1. The van der Waals surface area contributed by atoms with Crippen LogP contribution < -0.4 is 9.47 Å². The molecule has 0 aromatic heterocycles. The highest BCUT2D eigenvalue weighted by atomic mass is 16.5. The molecule has 0 bridgehead atoms. The van der Waals surface area contributed by atoms with Crippen molar-refractivity contribution in [2.45, 2.75) is 5.92 Å². The highest BCUT2D eigenvalue weighted by Gasteiger charge is 2.42. The van der Waals surface area contributed by atoms with Crippen LogP contribution in [0.25, 0.3) is 0 Å². The summed E-state index contributed by atoms with van der Waals surface area (Å²) in [6.45, 7) is 0.309. The molecule has 1 heterocycles. The van der Waals surface area contributed by atoms with Gasteiger partial charge in [-0.3, -0.25) is 9.59 Å². The van der Waals surface area contributed by atoms with E-state index in [4.69, 9.17) is 9.47 Å². The number of hydrogen-bond donors (Lipinski definition) is 2. The molecule has 2 aromatic rings. The number of methoxy groups -OCH3 is 2. The number of aliphatic carboxylic acids is 1. The summed E-state index contributed by atoms with van der Waals surface area (Å²) in [6, 6.07) is 11.3. The average molecular weight is 371 g/mol. The third-order valence-electron chi connectivity index (χ3n) is 4.85. The predicted octanol–water partition coefficient (Wildman–Crippen LogP) is 2.35. The fourth-order valence-electron chi connectivity index (χ4n) is 3.56. The molecule has 0 radical (unpaired) electrons. The van der Waals surface area contributed by atoms with Gasteiger partial charge in [-0.15, -0.1) is 0 Å². The number of para-hydroxylation sites is 1. The van der Waals surface area contributed by atoms with Gasteiger partial charge in [0.1, 0.15) is 5.75 Å². The van der Waals surface area contributed by atoms with E-state index in [-0.39, 0.29) is 24.7 Å². The first kappa shape index (κ1) is 18.6. The predicted molar refractivity (Wildman–Crippen MR) is 97.4 cm³/mol. The molecular formula is C20H21NO6. The minimum Gasteiger partial charge on any atom is -0.508 e. The Morgan fingerprint density at radius 1 is 1.07 bits per heavy atom. The largest absolute Gasteiger partial charge is 0.508 e. The van der Waals surface area contributed by atoms with E-state index in [1.165, 1.54) is 31.3 Å². The lowest BCUT2D eigenvalue weighted by Crippen LogP contribution is -2.29. The highest BCUT2D eigenvalue weighted by molar-refractivity contribution is 5.95. The molecule has 1 fully saturated rings. The average Bonchev–Trinajstić information content (AvgIpc) is 3.12. The van der Waals surface area contributed by atoms with Gasteiger partial charge in [-0.25, -0.2) is 0 Å². The van der Waals surface area contributed by atoms with Crippen LogP contribution in [0.2, 0.25) is 0 Å². The molecular weight excluding hydrogens is 350 g/mol. The van der Waals surface area contributed by atoms with Gasteiger partial charge in [-0.2, -0.15) is 0 Å². The minimum atomic E-state index is -0.976. The molecule has 1 saturated heterocycles. The molecule has 7 heteroatoms. The topological polar surface area (TPSA) is 96.3 Å². The van der Waals surface area contributed by atoms with Gasteiger partial charge in [-0.05, 0) is 24.3 Å². The number of benzene rings is 2. The summed E-state index contributed by atoms with van der Waals surface area (Å²) in [5.41, 5.74) is 1.01. The number of carboxylic acids is 1. The first-order valence-corrected chi connectivity index (χ1v) is 8.48. The van der Waals surface area contributed by atoms with Gasteiger partial charge in [0.15, 0.2) is 11.5 Å². The summed E-state index contributed by atoms with van der Waals surface area (Å²) in [4.78, 5) is 26.1. The zero-order chi connectivity index (χ0) is 19.6. The van der Waals surface area contributed by atoms with Gasteiger partial charge >= 0.3 is 5.97 Å². The number of aromatic hydroxyl groups is 1. The van der Waals surface area contributed by atoms with E-state index >= 15 is 0 Å². The molecule has 142 valence electrons. The second-order valence-corrected chi connectivity index (χ2v) is 6.39. The smallest absolute Gasteiger partial charge is 0.308 e. The van der Waals surface area contributed by atoms with Crippen molar-refractivity contribution < 1.29 is 29.3 Å². The Morgan fingerprint density at radius 3 is 2.44 bits per heavy atom. The van der Waals surface area contributed by atoms with Crippen molar-refractivity contribution in [3.63, 3.8) is 0 Å². The Balaban J connectivity index is 1.95. The van der Waals surface area contributed by atoms with Crippen LogP contribution in [0.5, 0.6) is 17.2 Å². The number of carbonyl (C=O) groups is 2. The van der Waals surface area contributed by atoms with Crippen molar-refractivity contribution in [3.8, 4) is 17.2 Å². The molecule has 0 aliphatic carbocycles. The van der Waals surface area contributed by atoms with E-state index in [0.717, 1.165) is 0 Å². The van der Waals surface area contributed by atoms with Crippen LogP contribution in [0, 0.1) is 5.92 Å². The van der Waals surface area contributed by atoms with Crippen LogP contribution in [0.1, 0.15) is 21.8 Å². The number of phenols is 1. The van der Waals surface area contributed by atoms with Crippen LogP contribution in [0.4, 0.5) is 0 Å². The van der Waals surface area contributed by atoms with Crippen molar-refractivity contribution in [2.24, 2.45) is 5.92 Å². The molecule has 2 aromatic carbocycles. The summed E-state index contributed by atoms with van der Waals surface area (Å²) in [7, 11) is 3.02. The Hall–Kier alpha value is -3.22. The lowest BCUT2D eigenvalue weighted by Gasteiger charge is -2.20. The van der Waals surface area contributed by atoms with Crippen LogP contribution in [-0.4, -0.2) is 54.3 Å². The SMILES string of the molecule is COc1cccc(C2CN(C(=O)c3cccc(O)c3)CC2C(=O)O)c1OC. The fourth-order valence-corrected chi connectivity index (χ4v) is 3.56. The number of hydrogen-bond acceptors (Lipinski definition) is 5. The highest BCUT2D eigenvalue weighted by Crippen LogP contribution is 2.42. The number of likely N-dealkylation sites (tertiary alicyclic amines) is 1. The summed E-state index contributed by atoms with van der Waals surface area (Å²) in [5.74, 6) is -1.53. The number of phenolic OH excluding ortho intramolecular Hbond substituents is 1. The van der Waals surface area contributed by atoms with Crippen molar-refractivity contribution in [1.82, 2.24) is 4.90 Å². The first-order valence-electron chi connectivity index (χ1n) is 8.48. The molecule has 0 spiro atoms. The van der Waals surface area contributed by atoms with Crippen LogP contribution in [-0.2, 0) is 4.79 Å². The Morgan fingerprint density at radius 2 is 1.81 bits per heavy atom. The monoisotopic (exact) mass is 371 g/mol. The second kappa shape index (κ2) is 7.57. The second-order valence-electron chi connectivity index (χ2n) is 6.39. The van der Waals surface area contributed by atoms with Gasteiger partial charge in [0.05, 0.1) is 20.1 Å². The number of amides is 1. The Labute approximate surface area is 156 Å². The van der Waals surface area contributed by atoms with E-state index in [9.17, 15) is 19.8 Å². The molecule has 7 nitrogen and oxygen atoms in total. The Kier molecular flexibility index (Phi) is 5.21. The molecule has 0 saturated carbocycles. The van der Waals surface area contributed by atoms with E-state index in [0.29, 0.717) is 22.6 Å². The lowest BCUT2D eigenvalue weighted by atomic mass is 9.88. The number of ether oxygens (including phenoxy) is 2. The summed E-state index contributed by atoms with van der Waals surface area (Å²) >= 11 is 0. The molecule has 3 rings (SSSR count). The number of carbonyl (C=O) groups excluding carboxylic acids is 1. The maximum Gasteiger partial charge on any atom is 0.308 e. The molecule has 1 amide bonds. The zero-order valence-electron chi connectivity index (χ0n) is 15.1. The summed E-state index contributed by atoms with van der Waals surface area (Å²) in [5, 5.41) is 19.3. The number of carboxylic acid groups (broad SMARTS) is 1. The molecule has 1 aliphatic heterocycles.